The first kappa shape index (κ1) is 16.9. The summed E-state index contributed by atoms with van der Waals surface area (Å²) in [5, 5.41) is 5.15. The van der Waals surface area contributed by atoms with Gasteiger partial charge in [0.2, 0.25) is 0 Å². The van der Waals surface area contributed by atoms with Gasteiger partial charge in [-0.1, -0.05) is 18.2 Å². The number of benzene rings is 2. The average Bonchev–Trinajstić information content (AvgIpc) is 3.04. The van der Waals surface area contributed by atoms with E-state index in [-0.39, 0.29) is 11.7 Å². The number of hydrogen-bond acceptors (Lipinski definition) is 3. The number of hydrogen-bond donors (Lipinski definition) is 2. The molecule has 0 unspecified atom stereocenters. The maximum absolute atomic E-state index is 13.8. The third-order valence-electron chi connectivity index (χ3n) is 4.01. The molecule has 1 saturated heterocycles. The minimum absolute atomic E-state index is 0.279. The number of anilines is 2. The zero-order chi connectivity index (χ0) is 17.8. The fourth-order valence-electron chi connectivity index (χ4n) is 2.79. The summed E-state index contributed by atoms with van der Waals surface area (Å²) in [5.74, 6) is -2.77. The summed E-state index contributed by atoms with van der Waals surface area (Å²) in [4.78, 5) is 25.6. The Morgan fingerprint density at radius 3 is 2.52 bits per heavy atom. The van der Waals surface area contributed by atoms with Gasteiger partial charge in [-0.05, 0) is 30.7 Å². The Balaban J connectivity index is 1.55. The molecule has 7 heteroatoms. The first-order valence-corrected chi connectivity index (χ1v) is 7.90. The van der Waals surface area contributed by atoms with Crippen molar-refractivity contribution >= 4 is 23.2 Å². The molecule has 3 rings (SSSR count). The van der Waals surface area contributed by atoms with Gasteiger partial charge >= 0.3 is 11.8 Å². The maximum atomic E-state index is 13.8. The molecule has 2 aromatic carbocycles. The largest absolute Gasteiger partial charge is 0.367 e. The minimum Gasteiger partial charge on any atom is -0.367 e. The van der Waals surface area contributed by atoms with Gasteiger partial charge in [-0.15, -0.1) is 0 Å². The van der Waals surface area contributed by atoms with Crippen LogP contribution in [0.4, 0.5) is 20.2 Å². The monoisotopic (exact) mass is 345 g/mol. The number of halogens is 2. The quantitative estimate of drug-likeness (QED) is 0.839. The molecule has 1 aliphatic heterocycles. The maximum Gasteiger partial charge on any atom is 0.313 e. The van der Waals surface area contributed by atoms with E-state index in [1.165, 1.54) is 12.1 Å². The molecule has 25 heavy (non-hydrogen) atoms. The van der Waals surface area contributed by atoms with Crippen LogP contribution in [0.1, 0.15) is 6.42 Å². The smallest absolute Gasteiger partial charge is 0.313 e. The molecular weight excluding hydrogens is 328 g/mol. The van der Waals surface area contributed by atoms with Crippen molar-refractivity contribution in [3.05, 3.63) is 60.2 Å². The molecule has 1 fully saturated rings. The molecule has 0 bridgehead atoms. The number of nitrogens with one attached hydrogen (secondary N) is 2. The molecule has 1 aliphatic rings. The summed E-state index contributed by atoms with van der Waals surface area (Å²) in [6.45, 7) is 0.862. The molecule has 1 atom stereocenters. The number of amides is 2. The van der Waals surface area contributed by atoms with Gasteiger partial charge in [0.1, 0.15) is 11.6 Å². The van der Waals surface area contributed by atoms with Crippen molar-refractivity contribution in [2.24, 2.45) is 0 Å². The fourth-order valence-corrected chi connectivity index (χ4v) is 2.79. The van der Waals surface area contributed by atoms with Gasteiger partial charge in [0.25, 0.3) is 0 Å². The highest BCUT2D eigenvalue weighted by molar-refractivity contribution is 6.39. The molecule has 0 aromatic heterocycles. The number of carbonyl (C=O) groups excluding carboxylic acids is 2. The predicted octanol–water partition coefficient (Wildman–Crippen LogP) is 2.30. The van der Waals surface area contributed by atoms with E-state index < -0.39 is 23.4 Å². The lowest BCUT2D eigenvalue weighted by Gasteiger charge is -2.19. The van der Waals surface area contributed by atoms with E-state index in [1.807, 2.05) is 0 Å². The Labute approximate surface area is 143 Å². The van der Waals surface area contributed by atoms with E-state index in [4.69, 9.17) is 0 Å². The van der Waals surface area contributed by atoms with Crippen LogP contribution in [0.25, 0.3) is 0 Å². The summed E-state index contributed by atoms with van der Waals surface area (Å²) in [5.41, 5.74) is 0.816. The normalized spacial score (nSPS) is 16.6. The van der Waals surface area contributed by atoms with Crippen LogP contribution in [0.5, 0.6) is 0 Å². The molecule has 0 aliphatic carbocycles. The zero-order valence-corrected chi connectivity index (χ0v) is 13.3. The molecule has 130 valence electrons. The van der Waals surface area contributed by atoms with Crippen LogP contribution in [0.3, 0.4) is 0 Å². The van der Waals surface area contributed by atoms with Gasteiger partial charge in [-0.25, -0.2) is 8.78 Å². The molecule has 0 saturated carbocycles. The van der Waals surface area contributed by atoms with Crippen molar-refractivity contribution in [3.8, 4) is 0 Å². The van der Waals surface area contributed by atoms with Crippen LogP contribution in [0, 0.1) is 11.6 Å². The van der Waals surface area contributed by atoms with E-state index in [9.17, 15) is 18.4 Å². The Kier molecular flexibility index (Phi) is 4.92. The Hall–Kier alpha value is -2.96. The van der Waals surface area contributed by atoms with Gasteiger partial charge in [-0.2, -0.15) is 0 Å². The highest BCUT2D eigenvalue weighted by Gasteiger charge is 2.27. The highest BCUT2D eigenvalue weighted by atomic mass is 19.1. The van der Waals surface area contributed by atoms with Crippen LogP contribution in [-0.2, 0) is 9.59 Å². The van der Waals surface area contributed by atoms with Gasteiger partial charge in [0, 0.05) is 30.9 Å². The third-order valence-corrected chi connectivity index (χ3v) is 4.01. The van der Waals surface area contributed by atoms with Crippen molar-refractivity contribution in [1.29, 1.82) is 0 Å². The number of rotatable bonds is 3. The van der Waals surface area contributed by atoms with Gasteiger partial charge in [-0.3, -0.25) is 9.59 Å². The molecule has 0 spiro atoms. The van der Waals surface area contributed by atoms with Crippen LogP contribution in [-0.4, -0.2) is 30.9 Å². The molecule has 0 radical (unpaired) electrons. The van der Waals surface area contributed by atoms with Crippen LogP contribution in [0.2, 0.25) is 0 Å². The molecule has 5 nitrogen and oxygen atoms in total. The Bertz CT molecular complexity index is 783. The van der Waals surface area contributed by atoms with E-state index in [0.717, 1.165) is 6.07 Å². The summed E-state index contributed by atoms with van der Waals surface area (Å²) < 4.78 is 26.8. The SMILES string of the molecule is O=C(Nc1ccccc1)C(=O)N[C@@H]1CCN(c2ccc(F)cc2F)C1. The Morgan fingerprint density at radius 2 is 1.80 bits per heavy atom. The predicted molar refractivity (Wildman–Crippen MR) is 90.2 cm³/mol. The third kappa shape index (κ3) is 4.12. The zero-order valence-electron chi connectivity index (χ0n) is 13.3. The van der Waals surface area contributed by atoms with Gasteiger partial charge < -0.3 is 15.5 Å². The second kappa shape index (κ2) is 7.29. The topological polar surface area (TPSA) is 61.4 Å². The first-order chi connectivity index (χ1) is 12.0. The van der Waals surface area contributed by atoms with Gasteiger partial charge in [0.05, 0.1) is 5.69 Å². The summed E-state index contributed by atoms with van der Waals surface area (Å²) in [6.07, 6.45) is 0.571. The van der Waals surface area contributed by atoms with Crippen LogP contribution in [0.15, 0.2) is 48.5 Å². The number of carbonyl (C=O) groups is 2. The van der Waals surface area contributed by atoms with Crippen molar-refractivity contribution in [3.63, 3.8) is 0 Å². The van der Waals surface area contributed by atoms with Crippen LogP contribution >= 0.6 is 0 Å². The number of nitrogens with zero attached hydrogens (tertiary/aromatic N) is 1. The van der Waals surface area contributed by atoms with Crippen molar-refractivity contribution in [2.75, 3.05) is 23.3 Å². The molecule has 1 heterocycles. The van der Waals surface area contributed by atoms with Crippen molar-refractivity contribution in [2.45, 2.75) is 12.5 Å². The van der Waals surface area contributed by atoms with E-state index in [0.29, 0.717) is 25.2 Å². The Morgan fingerprint density at radius 1 is 1.04 bits per heavy atom. The molecular formula is C18H17F2N3O2. The lowest BCUT2D eigenvalue weighted by Crippen LogP contribution is -2.43. The first-order valence-electron chi connectivity index (χ1n) is 7.90. The fraction of sp³-hybridized carbons (Fsp3) is 0.222. The minimum atomic E-state index is -0.752. The van der Waals surface area contributed by atoms with E-state index in [2.05, 4.69) is 10.6 Å². The summed E-state index contributed by atoms with van der Waals surface area (Å²) in [6, 6.07) is 11.8. The van der Waals surface area contributed by atoms with Crippen molar-refractivity contribution in [1.82, 2.24) is 5.32 Å². The average molecular weight is 345 g/mol. The van der Waals surface area contributed by atoms with Gasteiger partial charge in [0.15, 0.2) is 0 Å². The molecule has 2 amide bonds. The summed E-state index contributed by atoms with van der Waals surface area (Å²) in [7, 11) is 0. The van der Waals surface area contributed by atoms with E-state index in [1.54, 1.807) is 35.2 Å². The highest BCUT2D eigenvalue weighted by Crippen LogP contribution is 2.24. The van der Waals surface area contributed by atoms with Crippen molar-refractivity contribution < 1.29 is 18.4 Å². The summed E-state index contributed by atoms with van der Waals surface area (Å²) >= 11 is 0. The number of para-hydroxylation sites is 1. The second-order valence-corrected chi connectivity index (χ2v) is 5.82. The lowest BCUT2D eigenvalue weighted by atomic mass is 10.2. The molecule has 2 N–H and O–H groups in total. The standard InChI is InChI=1S/C18H17F2N3O2/c19-12-6-7-16(15(20)10-12)23-9-8-14(11-23)22-18(25)17(24)21-13-4-2-1-3-5-13/h1-7,10,14H,8-9,11H2,(H,21,24)(H,22,25)/t14-/m1/s1. The second-order valence-electron chi connectivity index (χ2n) is 5.82. The van der Waals surface area contributed by atoms with E-state index >= 15 is 0 Å². The molecule has 2 aromatic rings. The van der Waals surface area contributed by atoms with Crippen LogP contribution < -0.4 is 15.5 Å². The lowest BCUT2D eigenvalue weighted by molar-refractivity contribution is -0.136.